The van der Waals surface area contributed by atoms with Gasteiger partial charge in [0, 0.05) is 18.8 Å². The van der Waals surface area contributed by atoms with Crippen molar-refractivity contribution in [2.75, 3.05) is 38.2 Å². The van der Waals surface area contributed by atoms with E-state index in [0.29, 0.717) is 12.5 Å². The fraction of sp³-hybridized carbons (Fsp3) is 0.708. The zero-order valence-corrected chi connectivity index (χ0v) is 18.3. The first-order valence-corrected chi connectivity index (χ1v) is 11.5. The summed E-state index contributed by atoms with van der Waals surface area (Å²) in [6.07, 6.45) is 8.90. The van der Waals surface area contributed by atoms with Crippen molar-refractivity contribution in [3.63, 3.8) is 0 Å². The van der Waals surface area contributed by atoms with E-state index in [1.807, 2.05) is 31.2 Å². The highest BCUT2D eigenvalue weighted by Crippen LogP contribution is 2.36. The molecule has 3 rings (SSSR count). The number of likely N-dealkylation sites (tertiary alicyclic amines) is 1. The van der Waals surface area contributed by atoms with E-state index in [2.05, 4.69) is 17.1 Å². The summed E-state index contributed by atoms with van der Waals surface area (Å²) in [5.41, 5.74) is 0.115. The van der Waals surface area contributed by atoms with Crippen LogP contribution in [-0.2, 0) is 9.53 Å². The largest absolute Gasteiger partial charge is 0.494 e. The number of amides is 1. The first-order chi connectivity index (χ1) is 14.1. The van der Waals surface area contributed by atoms with E-state index in [1.165, 1.54) is 38.8 Å². The highest BCUT2D eigenvalue weighted by molar-refractivity contribution is 5.97. The molecular formula is C24H38N2O3. The Morgan fingerprint density at radius 2 is 1.93 bits per heavy atom. The lowest BCUT2D eigenvalue weighted by Gasteiger charge is -2.38. The Labute approximate surface area is 176 Å². The molecule has 0 radical (unpaired) electrons. The summed E-state index contributed by atoms with van der Waals surface area (Å²) < 4.78 is 11.9. The minimum Gasteiger partial charge on any atom is -0.494 e. The maximum atomic E-state index is 13.0. The fourth-order valence-corrected chi connectivity index (χ4v) is 4.72. The van der Waals surface area contributed by atoms with Crippen molar-refractivity contribution in [2.24, 2.45) is 5.92 Å². The van der Waals surface area contributed by atoms with Gasteiger partial charge in [0.1, 0.15) is 11.4 Å². The van der Waals surface area contributed by atoms with Gasteiger partial charge in [0.25, 0.3) is 5.91 Å². The number of carbonyl (C=O) groups is 1. The predicted octanol–water partition coefficient (Wildman–Crippen LogP) is 4.87. The zero-order chi connectivity index (χ0) is 20.5. The van der Waals surface area contributed by atoms with Gasteiger partial charge in [-0.1, -0.05) is 19.8 Å². The molecule has 1 amide bonds. The number of nitrogens with zero attached hydrogens (tertiary/aromatic N) is 1. The highest BCUT2D eigenvalue weighted by Gasteiger charge is 2.42. The van der Waals surface area contributed by atoms with Crippen LogP contribution in [0.15, 0.2) is 24.3 Å². The summed E-state index contributed by atoms with van der Waals surface area (Å²) in [6.45, 7) is 9.04. The van der Waals surface area contributed by atoms with Gasteiger partial charge in [0.15, 0.2) is 0 Å². The molecule has 1 saturated heterocycles. The third-order valence-corrected chi connectivity index (χ3v) is 6.24. The Morgan fingerprint density at radius 1 is 1.17 bits per heavy atom. The molecule has 1 aliphatic carbocycles. The van der Waals surface area contributed by atoms with Crippen molar-refractivity contribution in [2.45, 2.75) is 70.8 Å². The molecule has 2 fully saturated rings. The van der Waals surface area contributed by atoms with Gasteiger partial charge in [-0.15, -0.1) is 0 Å². The average molecular weight is 403 g/mol. The molecule has 1 aliphatic heterocycles. The van der Waals surface area contributed by atoms with Crippen LogP contribution in [0.1, 0.15) is 65.2 Å². The Hall–Kier alpha value is -1.59. The van der Waals surface area contributed by atoms with Crippen LogP contribution in [0.2, 0.25) is 0 Å². The molecule has 5 heteroatoms. The van der Waals surface area contributed by atoms with Gasteiger partial charge in [-0.25, -0.2) is 0 Å². The topological polar surface area (TPSA) is 50.8 Å². The minimum absolute atomic E-state index is 0.0129. The van der Waals surface area contributed by atoms with Gasteiger partial charge in [-0.05, 0) is 88.7 Å². The van der Waals surface area contributed by atoms with Crippen molar-refractivity contribution >= 4 is 11.6 Å². The predicted molar refractivity (Wildman–Crippen MR) is 117 cm³/mol. The SMILES string of the molecule is CCO[C@]1(C(=O)Nc2ccc(OCCCN3CCCCC3)cc2)CCC[C@H](C)C1. The summed E-state index contributed by atoms with van der Waals surface area (Å²) in [7, 11) is 0. The van der Waals surface area contributed by atoms with Gasteiger partial charge in [0.05, 0.1) is 6.61 Å². The van der Waals surface area contributed by atoms with Crippen molar-refractivity contribution in [1.82, 2.24) is 4.90 Å². The number of carbonyl (C=O) groups excluding carboxylic acids is 1. The van der Waals surface area contributed by atoms with Gasteiger partial charge >= 0.3 is 0 Å². The molecule has 0 unspecified atom stereocenters. The molecule has 0 bridgehead atoms. The molecule has 2 aliphatic rings. The lowest BCUT2D eigenvalue weighted by Crippen LogP contribution is -2.48. The molecular weight excluding hydrogens is 364 g/mol. The second-order valence-electron chi connectivity index (χ2n) is 8.71. The molecule has 1 aromatic rings. The maximum Gasteiger partial charge on any atom is 0.256 e. The fourth-order valence-electron chi connectivity index (χ4n) is 4.72. The summed E-state index contributed by atoms with van der Waals surface area (Å²) in [6, 6.07) is 7.72. The van der Waals surface area contributed by atoms with E-state index in [0.717, 1.165) is 50.3 Å². The van der Waals surface area contributed by atoms with Crippen LogP contribution in [0.4, 0.5) is 5.69 Å². The highest BCUT2D eigenvalue weighted by atomic mass is 16.5. The van der Waals surface area contributed by atoms with Crippen LogP contribution >= 0.6 is 0 Å². The molecule has 162 valence electrons. The van der Waals surface area contributed by atoms with Crippen LogP contribution in [0.25, 0.3) is 0 Å². The normalized spacial score (nSPS) is 25.5. The second kappa shape index (κ2) is 11.0. The Morgan fingerprint density at radius 3 is 2.62 bits per heavy atom. The quantitative estimate of drug-likeness (QED) is 0.599. The molecule has 0 spiro atoms. The standard InChI is InChI=1S/C24H38N2O3/c1-3-29-24(14-7-9-20(2)19-24)23(27)25-21-10-12-22(13-11-21)28-18-8-17-26-15-5-4-6-16-26/h10-13,20H,3-9,14-19H2,1-2H3,(H,25,27)/t20-,24+/m0/s1. The Bertz CT molecular complexity index is 624. The van der Waals surface area contributed by atoms with E-state index in [-0.39, 0.29) is 5.91 Å². The zero-order valence-electron chi connectivity index (χ0n) is 18.3. The summed E-state index contributed by atoms with van der Waals surface area (Å²) >= 11 is 0. The molecule has 1 saturated carbocycles. The Balaban J connectivity index is 1.45. The average Bonchev–Trinajstić information content (AvgIpc) is 2.73. The van der Waals surface area contributed by atoms with Crippen LogP contribution in [0.5, 0.6) is 5.75 Å². The maximum absolute atomic E-state index is 13.0. The first-order valence-electron chi connectivity index (χ1n) is 11.5. The molecule has 5 nitrogen and oxygen atoms in total. The van der Waals surface area contributed by atoms with Gasteiger partial charge in [0.2, 0.25) is 0 Å². The lowest BCUT2D eigenvalue weighted by atomic mass is 9.78. The molecule has 1 aromatic carbocycles. The van der Waals surface area contributed by atoms with Crippen LogP contribution < -0.4 is 10.1 Å². The minimum atomic E-state index is -0.684. The lowest BCUT2D eigenvalue weighted by molar-refractivity contribution is -0.147. The molecule has 29 heavy (non-hydrogen) atoms. The van der Waals surface area contributed by atoms with E-state index in [4.69, 9.17) is 9.47 Å². The van der Waals surface area contributed by atoms with Crippen LogP contribution in [-0.4, -0.2) is 49.3 Å². The third kappa shape index (κ3) is 6.45. The number of anilines is 1. The molecule has 2 atom stereocenters. The van der Waals surface area contributed by atoms with Crippen LogP contribution in [0, 0.1) is 5.92 Å². The number of rotatable bonds is 9. The summed E-state index contributed by atoms with van der Waals surface area (Å²) in [5, 5.41) is 3.07. The van der Waals surface area contributed by atoms with Crippen molar-refractivity contribution in [3.8, 4) is 5.75 Å². The molecule has 0 aromatic heterocycles. The van der Waals surface area contributed by atoms with Crippen LogP contribution in [0.3, 0.4) is 0 Å². The van der Waals surface area contributed by atoms with Crippen molar-refractivity contribution in [1.29, 1.82) is 0 Å². The smallest absolute Gasteiger partial charge is 0.256 e. The monoisotopic (exact) mass is 402 g/mol. The van der Waals surface area contributed by atoms with E-state index < -0.39 is 5.60 Å². The number of hydrogen-bond donors (Lipinski definition) is 1. The second-order valence-corrected chi connectivity index (χ2v) is 8.71. The first kappa shape index (κ1) is 22.1. The van der Waals surface area contributed by atoms with E-state index >= 15 is 0 Å². The number of hydrogen-bond acceptors (Lipinski definition) is 4. The van der Waals surface area contributed by atoms with Gasteiger partial charge < -0.3 is 19.7 Å². The van der Waals surface area contributed by atoms with Crippen molar-refractivity contribution < 1.29 is 14.3 Å². The van der Waals surface area contributed by atoms with E-state index in [9.17, 15) is 4.79 Å². The van der Waals surface area contributed by atoms with Gasteiger partial charge in [-0.3, -0.25) is 4.79 Å². The number of benzene rings is 1. The number of nitrogens with one attached hydrogen (secondary N) is 1. The van der Waals surface area contributed by atoms with E-state index in [1.54, 1.807) is 0 Å². The third-order valence-electron chi connectivity index (χ3n) is 6.24. The summed E-state index contributed by atoms with van der Waals surface area (Å²) in [5.74, 6) is 1.36. The number of ether oxygens (including phenoxy) is 2. The summed E-state index contributed by atoms with van der Waals surface area (Å²) in [4.78, 5) is 15.5. The van der Waals surface area contributed by atoms with Gasteiger partial charge in [-0.2, -0.15) is 0 Å². The molecule has 1 N–H and O–H groups in total. The molecule has 1 heterocycles. The van der Waals surface area contributed by atoms with Crippen molar-refractivity contribution in [3.05, 3.63) is 24.3 Å². The Kier molecular flexibility index (Phi) is 8.37. The number of piperidine rings is 1.